The van der Waals surface area contributed by atoms with Gasteiger partial charge in [0.15, 0.2) is 29.2 Å². The van der Waals surface area contributed by atoms with Gasteiger partial charge in [-0.2, -0.15) is 0 Å². The second kappa shape index (κ2) is 4.96. The lowest BCUT2D eigenvalue weighted by molar-refractivity contribution is -0.147. The van der Waals surface area contributed by atoms with Gasteiger partial charge >= 0.3 is 5.97 Å². The monoisotopic (exact) mass is 248 g/mol. The molecule has 0 fully saturated rings. The second-order valence-electron chi connectivity index (χ2n) is 3.06. The topological polar surface area (TPSA) is 76.0 Å². The van der Waals surface area contributed by atoms with Gasteiger partial charge in [0.1, 0.15) is 0 Å². The minimum atomic E-state index is -2.33. The van der Waals surface area contributed by atoms with Gasteiger partial charge in [-0.15, -0.1) is 0 Å². The number of halogens is 2. The number of hydrogen-bond donors (Lipinski definition) is 2. The van der Waals surface area contributed by atoms with Crippen LogP contribution in [0.5, 0.6) is 11.5 Å². The quantitative estimate of drug-likeness (QED) is 0.834. The van der Waals surface area contributed by atoms with Crippen LogP contribution in [0.4, 0.5) is 8.78 Å². The molecule has 0 bridgehead atoms. The molecule has 0 saturated heterocycles. The number of carbonyl (C=O) groups is 1. The minimum Gasteiger partial charge on any atom is -0.494 e. The Morgan fingerprint density at radius 1 is 1.24 bits per heavy atom. The molecular formula is C10H10F2O5. The Kier molecular flexibility index (Phi) is 3.84. The van der Waals surface area contributed by atoms with Gasteiger partial charge in [-0.25, -0.2) is 13.6 Å². The first-order valence-corrected chi connectivity index (χ1v) is 4.44. The molecule has 1 unspecified atom stereocenters. The van der Waals surface area contributed by atoms with Gasteiger partial charge in [-0.3, -0.25) is 0 Å². The predicted molar refractivity (Wildman–Crippen MR) is 52.1 cm³/mol. The zero-order valence-corrected chi connectivity index (χ0v) is 9.03. The molecule has 2 N–H and O–H groups in total. The average Bonchev–Trinajstić information content (AvgIpc) is 2.29. The smallest absolute Gasteiger partial charge is 0.337 e. The number of hydrogen-bond acceptors (Lipinski definition) is 4. The maximum Gasteiger partial charge on any atom is 0.337 e. The van der Waals surface area contributed by atoms with E-state index in [1.54, 1.807) is 0 Å². The summed E-state index contributed by atoms with van der Waals surface area (Å²) < 4.78 is 36.4. The van der Waals surface area contributed by atoms with Gasteiger partial charge in [0, 0.05) is 6.07 Å². The molecule has 0 aliphatic carbocycles. The van der Waals surface area contributed by atoms with E-state index >= 15 is 0 Å². The molecule has 0 aromatic heterocycles. The van der Waals surface area contributed by atoms with Gasteiger partial charge in [0.2, 0.25) is 0 Å². The van der Waals surface area contributed by atoms with Crippen LogP contribution in [0.3, 0.4) is 0 Å². The van der Waals surface area contributed by atoms with Crippen LogP contribution in [0.15, 0.2) is 6.07 Å². The number of carboxylic acid groups (broad SMARTS) is 1. The van der Waals surface area contributed by atoms with E-state index in [-0.39, 0.29) is 0 Å². The summed E-state index contributed by atoms with van der Waals surface area (Å²) in [6, 6.07) is 0.919. The molecule has 0 saturated carbocycles. The maximum absolute atomic E-state index is 13.6. The molecule has 5 nitrogen and oxygen atoms in total. The number of benzene rings is 1. The first kappa shape index (κ1) is 13.2. The van der Waals surface area contributed by atoms with Crippen LogP contribution in [0.25, 0.3) is 0 Å². The van der Waals surface area contributed by atoms with Gasteiger partial charge in [-0.1, -0.05) is 0 Å². The van der Waals surface area contributed by atoms with Crippen LogP contribution in [-0.4, -0.2) is 30.4 Å². The van der Waals surface area contributed by atoms with Crippen molar-refractivity contribution in [1.29, 1.82) is 0 Å². The van der Waals surface area contributed by atoms with Crippen molar-refractivity contribution >= 4 is 5.97 Å². The third-order valence-electron chi connectivity index (χ3n) is 2.11. The SMILES string of the molecule is COc1cc(OC)c(F)c(C(O)C(=O)O)c1F. The fourth-order valence-corrected chi connectivity index (χ4v) is 1.27. The predicted octanol–water partition coefficient (Wildman–Crippen LogP) is 1.10. The average molecular weight is 248 g/mol. The van der Waals surface area contributed by atoms with E-state index in [4.69, 9.17) is 5.11 Å². The van der Waals surface area contributed by atoms with Gasteiger partial charge in [0.25, 0.3) is 0 Å². The number of ether oxygens (including phenoxy) is 2. The van der Waals surface area contributed by atoms with Crippen molar-refractivity contribution < 1.29 is 33.3 Å². The zero-order valence-electron chi connectivity index (χ0n) is 9.03. The Labute approximate surface area is 95.2 Å². The summed E-state index contributed by atoms with van der Waals surface area (Å²) in [6.07, 6.45) is -2.33. The highest BCUT2D eigenvalue weighted by Crippen LogP contribution is 2.34. The molecule has 0 aliphatic heterocycles. The summed E-state index contributed by atoms with van der Waals surface area (Å²) in [6.45, 7) is 0. The van der Waals surface area contributed by atoms with E-state index in [2.05, 4.69) is 9.47 Å². The Balaban J connectivity index is 3.50. The van der Waals surface area contributed by atoms with Crippen molar-refractivity contribution in [2.75, 3.05) is 14.2 Å². The van der Waals surface area contributed by atoms with Crippen LogP contribution in [-0.2, 0) is 4.79 Å². The summed E-state index contributed by atoms with van der Waals surface area (Å²) in [4.78, 5) is 10.5. The summed E-state index contributed by atoms with van der Waals surface area (Å²) in [5, 5.41) is 17.8. The van der Waals surface area contributed by atoms with Crippen LogP contribution in [0.2, 0.25) is 0 Å². The Morgan fingerprint density at radius 3 is 1.94 bits per heavy atom. The highest BCUT2D eigenvalue weighted by molar-refractivity contribution is 5.74. The van der Waals surface area contributed by atoms with E-state index in [1.165, 1.54) is 0 Å². The van der Waals surface area contributed by atoms with Gasteiger partial charge < -0.3 is 19.7 Å². The first-order valence-electron chi connectivity index (χ1n) is 4.44. The van der Waals surface area contributed by atoms with E-state index in [0.717, 1.165) is 20.3 Å². The Hall–Kier alpha value is -1.89. The van der Waals surface area contributed by atoms with Crippen molar-refractivity contribution in [2.45, 2.75) is 6.10 Å². The van der Waals surface area contributed by atoms with Crippen LogP contribution in [0.1, 0.15) is 11.7 Å². The van der Waals surface area contributed by atoms with Crippen molar-refractivity contribution in [1.82, 2.24) is 0 Å². The summed E-state index contributed by atoms with van der Waals surface area (Å²) in [5.41, 5.74) is -1.02. The molecule has 1 aromatic carbocycles. The number of carboxylic acids is 1. The summed E-state index contributed by atoms with van der Waals surface area (Å²) >= 11 is 0. The highest BCUT2D eigenvalue weighted by atomic mass is 19.1. The Morgan fingerprint density at radius 2 is 1.65 bits per heavy atom. The van der Waals surface area contributed by atoms with Crippen molar-refractivity contribution in [3.05, 3.63) is 23.3 Å². The van der Waals surface area contributed by atoms with Crippen molar-refractivity contribution in [3.8, 4) is 11.5 Å². The van der Waals surface area contributed by atoms with Crippen molar-refractivity contribution in [2.24, 2.45) is 0 Å². The zero-order chi connectivity index (χ0) is 13.2. The lowest BCUT2D eigenvalue weighted by Crippen LogP contribution is -2.15. The lowest BCUT2D eigenvalue weighted by atomic mass is 10.1. The minimum absolute atomic E-state index is 0.418. The number of rotatable bonds is 4. The lowest BCUT2D eigenvalue weighted by Gasteiger charge is -2.14. The van der Waals surface area contributed by atoms with E-state index < -0.39 is 40.8 Å². The van der Waals surface area contributed by atoms with Crippen LogP contribution < -0.4 is 9.47 Å². The first-order chi connectivity index (χ1) is 7.93. The van der Waals surface area contributed by atoms with Gasteiger partial charge in [-0.05, 0) is 0 Å². The molecule has 1 rings (SSSR count). The van der Waals surface area contributed by atoms with E-state index in [0.29, 0.717) is 0 Å². The van der Waals surface area contributed by atoms with Crippen molar-refractivity contribution in [3.63, 3.8) is 0 Å². The molecule has 7 heteroatoms. The molecule has 1 atom stereocenters. The molecule has 0 spiro atoms. The third-order valence-corrected chi connectivity index (χ3v) is 2.11. The largest absolute Gasteiger partial charge is 0.494 e. The number of methoxy groups -OCH3 is 2. The maximum atomic E-state index is 13.6. The number of aliphatic hydroxyl groups is 1. The summed E-state index contributed by atoms with van der Waals surface area (Å²) in [5.74, 6) is -5.17. The molecule has 0 radical (unpaired) electrons. The fourth-order valence-electron chi connectivity index (χ4n) is 1.27. The standard InChI is InChI=1S/C10H10F2O5/c1-16-4-3-5(17-2)8(12)6(7(4)11)9(13)10(14)15/h3,9,13H,1-2H3,(H,14,15). The van der Waals surface area contributed by atoms with E-state index in [9.17, 15) is 18.7 Å². The third kappa shape index (κ3) is 2.28. The molecule has 0 heterocycles. The molecule has 0 aliphatic rings. The highest BCUT2D eigenvalue weighted by Gasteiger charge is 2.29. The summed E-state index contributed by atoms with van der Waals surface area (Å²) in [7, 11) is 2.24. The van der Waals surface area contributed by atoms with Gasteiger partial charge in [0.05, 0.1) is 19.8 Å². The Bertz CT molecular complexity index is 419. The molecule has 1 aromatic rings. The van der Waals surface area contributed by atoms with E-state index in [1.807, 2.05) is 0 Å². The van der Waals surface area contributed by atoms with Crippen LogP contribution >= 0.6 is 0 Å². The molecule has 17 heavy (non-hydrogen) atoms. The fraction of sp³-hybridized carbons (Fsp3) is 0.300. The second-order valence-corrected chi connectivity index (χ2v) is 3.06. The molecule has 94 valence electrons. The normalized spacial score (nSPS) is 12.1. The van der Waals surface area contributed by atoms with Crippen LogP contribution in [0, 0.1) is 11.6 Å². The molecule has 0 amide bonds. The number of aliphatic hydroxyl groups excluding tert-OH is 1. The molecular weight excluding hydrogens is 238 g/mol. The number of aliphatic carboxylic acids is 1.